The maximum atomic E-state index is 13.1. The van der Waals surface area contributed by atoms with Crippen LogP contribution in [0.1, 0.15) is 58.4 Å². The lowest BCUT2D eigenvalue weighted by molar-refractivity contribution is 0.0626. The van der Waals surface area contributed by atoms with Crippen LogP contribution >= 0.6 is 0 Å². The Labute approximate surface area is 165 Å². The van der Waals surface area contributed by atoms with E-state index >= 15 is 0 Å². The van der Waals surface area contributed by atoms with Crippen molar-refractivity contribution in [3.8, 4) is 5.75 Å². The Bertz CT molecular complexity index is 876. The molecule has 0 radical (unpaired) electrons. The number of amides is 2. The molecule has 2 fully saturated rings. The van der Waals surface area contributed by atoms with Crippen molar-refractivity contribution < 1.29 is 14.3 Å². The summed E-state index contributed by atoms with van der Waals surface area (Å²) in [4.78, 5) is 26.7. The molecule has 2 aliphatic rings. The number of benzene rings is 2. The van der Waals surface area contributed by atoms with Gasteiger partial charge in [-0.3, -0.25) is 9.59 Å². The molecule has 1 unspecified atom stereocenters. The van der Waals surface area contributed by atoms with E-state index in [1.54, 1.807) is 24.3 Å². The minimum Gasteiger partial charge on any atom is -0.488 e. The Kier molecular flexibility index (Phi) is 5.33. The van der Waals surface area contributed by atoms with E-state index in [9.17, 15) is 9.59 Å². The van der Waals surface area contributed by atoms with Gasteiger partial charge in [-0.05, 0) is 61.4 Å². The number of primary amides is 1. The van der Waals surface area contributed by atoms with Gasteiger partial charge in [0.05, 0.1) is 5.56 Å². The van der Waals surface area contributed by atoms with E-state index in [0.29, 0.717) is 28.8 Å². The largest absolute Gasteiger partial charge is 0.488 e. The van der Waals surface area contributed by atoms with Crippen molar-refractivity contribution in [2.24, 2.45) is 11.7 Å². The van der Waals surface area contributed by atoms with Crippen LogP contribution in [-0.2, 0) is 6.61 Å². The highest BCUT2D eigenvalue weighted by Gasteiger charge is 2.37. The lowest BCUT2D eigenvalue weighted by Gasteiger charge is -2.37. The van der Waals surface area contributed by atoms with Crippen LogP contribution in [0.15, 0.2) is 48.5 Å². The normalized spacial score (nSPS) is 19.3. The first kappa shape index (κ1) is 18.5. The fraction of sp³-hybridized carbons (Fsp3) is 0.391. The molecule has 2 N–H and O–H groups in total. The monoisotopic (exact) mass is 378 g/mol. The summed E-state index contributed by atoms with van der Waals surface area (Å²) in [5.74, 6) is 0.740. The van der Waals surface area contributed by atoms with Crippen LogP contribution in [-0.4, -0.2) is 29.3 Å². The Morgan fingerprint density at radius 2 is 1.86 bits per heavy atom. The molecule has 146 valence electrons. The van der Waals surface area contributed by atoms with Crippen molar-refractivity contribution in [2.45, 2.75) is 44.8 Å². The maximum absolute atomic E-state index is 13.1. The summed E-state index contributed by atoms with van der Waals surface area (Å²) in [5, 5.41) is 0. The minimum absolute atomic E-state index is 0.119. The molecule has 1 atom stereocenters. The third-order valence-electron chi connectivity index (χ3n) is 5.97. The van der Waals surface area contributed by atoms with Crippen LogP contribution < -0.4 is 10.5 Å². The van der Waals surface area contributed by atoms with Crippen LogP contribution in [0.3, 0.4) is 0 Å². The highest BCUT2D eigenvalue weighted by atomic mass is 16.5. The lowest BCUT2D eigenvalue weighted by Crippen LogP contribution is -2.42. The highest BCUT2D eigenvalue weighted by molar-refractivity contribution is 5.95. The van der Waals surface area contributed by atoms with Gasteiger partial charge in [-0.25, -0.2) is 0 Å². The van der Waals surface area contributed by atoms with Crippen LogP contribution in [0.2, 0.25) is 0 Å². The molecule has 1 heterocycles. The number of hydrogen-bond donors (Lipinski definition) is 1. The van der Waals surface area contributed by atoms with Gasteiger partial charge in [0.2, 0.25) is 0 Å². The molecule has 5 nitrogen and oxygen atoms in total. The van der Waals surface area contributed by atoms with E-state index in [2.05, 4.69) is 4.90 Å². The zero-order chi connectivity index (χ0) is 19.5. The number of nitrogens with two attached hydrogens (primary N) is 1. The molecule has 1 saturated heterocycles. The van der Waals surface area contributed by atoms with E-state index < -0.39 is 5.91 Å². The third-order valence-corrected chi connectivity index (χ3v) is 5.97. The minimum atomic E-state index is -0.518. The first-order valence-corrected chi connectivity index (χ1v) is 10.0. The standard InChI is InChI=1S/C23H26N2O3/c24-22(26)19-10-1-2-12-21(19)28-15-16-6-3-9-18(14-16)23(27)25-13-5-11-20(25)17-7-4-8-17/h1-3,6,9-10,12,14,17,20H,4-5,7-8,11,13,15H2,(H2,24,26). The van der Waals surface area contributed by atoms with Crippen LogP contribution in [0.4, 0.5) is 0 Å². The molecule has 4 rings (SSSR count). The number of carbonyl (C=O) groups excluding carboxylic acids is 2. The van der Waals surface area contributed by atoms with Gasteiger partial charge in [-0.2, -0.15) is 0 Å². The quantitative estimate of drug-likeness (QED) is 0.832. The fourth-order valence-electron chi connectivity index (χ4n) is 4.28. The Hall–Kier alpha value is -2.82. The zero-order valence-electron chi connectivity index (χ0n) is 16.0. The van der Waals surface area contributed by atoms with Crippen LogP contribution in [0.25, 0.3) is 0 Å². The number of hydrogen-bond acceptors (Lipinski definition) is 3. The summed E-state index contributed by atoms with van der Waals surface area (Å²) < 4.78 is 5.80. The summed E-state index contributed by atoms with van der Waals surface area (Å²) in [6.45, 7) is 1.13. The molecule has 0 aromatic heterocycles. The Balaban J connectivity index is 1.46. The number of ether oxygens (including phenoxy) is 1. The number of rotatable bonds is 6. The summed E-state index contributed by atoms with van der Waals surface area (Å²) in [6.07, 6.45) is 6.02. The number of para-hydroxylation sites is 1. The molecule has 0 bridgehead atoms. The van der Waals surface area contributed by atoms with Crippen molar-refractivity contribution in [3.63, 3.8) is 0 Å². The van der Waals surface area contributed by atoms with E-state index in [1.165, 1.54) is 19.3 Å². The molecular formula is C23H26N2O3. The number of likely N-dealkylation sites (tertiary alicyclic amines) is 1. The Morgan fingerprint density at radius 1 is 1.04 bits per heavy atom. The SMILES string of the molecule is NC(=O)c1ccccc1OCc1cccc(C(=O)N2CCCC2C2CCC2)c1. The fourth-order valence-corrected chi connectivity index (χ4v) is 4.28. The molecule has 2 amide bonds. The summed E-state index contributed by atoms with van der Waals surface area (Å²) in [7, 11) is 0. The number of nitrogens with zero attached hydrogens (tertiary/aromatic N) is 1. The van der Waals surface area contributed by atoms with Gasteiger partial charge in [-0.1, -0.05) is 30.7 Å². The van der Waals surface area contributed by atoms with Gasteiger partial charge >= 0.3 is 0 Å². The van der Waals surface area contributed by atoms with E-state index in [1.807, 2.05) is 24.3 Å². The molecule has 0 spiro atoms. The van der Waals surface area contributed by atoms with Gasteiger partial charge in [-0.15, -0.1) is 0 Å². The van der Waals surface area contributed by atoms with Crippen LogP contribution in [0.5, 0.6) is 5.75 Å². The van der Waals surface area contributed by atoms with Gasteiger partial charge in [0, 0.05) is 18.2 Å². The summed E-state index contributed by atoms with van der Waals surface area (Å²) in [6, 6.07) is 14.9. The predicted octanol–water partition coefficient (Wildman–Crippen LogP) is 3.77. The molecular weight excluding hydrogens is 352 g/mol. The first-order chi connectivity index (χ1) is 13.6. The maximum Gasteiger partial charge on any atom is 0.254 e. The second kappa shape index (κ2) is 8.05. The van der Waals surface area contributed by atoms with E-state index in [0.717, 1.165) is 24.9 Å². The average molecular weight is 378 g/mol. The Morgan fingerprint density at radius 3 is 2.61 bits per heavy atom. The molecule has 5 heteroatoms. The van der Waals surface area contributed by atoms with Crippen molar-refractivity contribution in [1.82, 2.24) is 4.90 Å². The topological polar surface area (TPSA) is 72.6 Å². The average Bonchev–Trinajstić information content (AvgIpc) is 3.14. The van der Waals surface area contributed by atoms with E-state index in [-0.39, 0.29) is 12.5 Å². The highest BCUT2D eigenvalue weighted by Crippen LogP contribution is 2.37. The van der Waals surface area contributed by atoms with Crippen LogP contribution in [0, 0.1) is 5.92 Å². The van der Waals surface area contributed by atoms with Gasteiger partial charge < -0.3 is 15.4 Å². The second-order valence-corrected chi connectivity index (χ2v) is 7.75. The van der Waals surface area contributed by atoms with Gasteiger partial charge in [0.1, 0.15) is 12.4 Å². The second-order valence-electron chi connectivity index (χ2n) is 7.75. The predicted molar refractivity (Wildman–Crippen MR) is 107 cm³/mol. The third kappa shape index (κ3) is 3.75. The van der Waals surface area contributed by atoms with Gasteiger partial charge in [0.25, 0.3) is 11.8 Å². The van der Waals surface area contributed by atoms with Crippen molar-refractivity contribution >= 4 is 11.8 Å². The molecule has 1 aliphatic carbocycles. The number of carbonyl (C=O) groups is 2. The van der Waals surface area contributed by atoms with E-state index in [4.69, 9.17) is 10.5 Å². The lowest BCUT2D eigenvalue weighted by atomic mass is 9.78. The molecule has 1 saturated carbocycles. The molecule has 28 heavy (non-hydrogen) atoms. The molecule has 1 aliphatic heterocycles. The van der Waals surface area contributed by atoms with Crippen molar-refractivity contribution in [2.75, 3.05) is 6.54 Å². The van der Waals surface area contributed by atoms with Crippen molar-refractivity contribution in [1.29, 1.82) is 0 Å². The van der Waals surface area contributed by atoms with Crippen molar-refractivity contribution in [3.05, 3.63) is 65.2 Å². The zero-order valence-corrected chi connectivity index (χ0v) is 16.0. The first-order valence-electron chi connectivity index (χ1n) is 10.0. The molecule has 2 aromatic rings. The summed E-state index contributed by atoms with van der Waals surface area (Å²) in [5.41, 5.74) is 7.36. The smallest absolute Gasteiger partial charge is 0.254 e. The van der Waals surface area contributed by atoms with Gasteiger partial charge in [0.15, 0.2) is 0 Å². The molecule has 2 aromatic carbocycles. The summed E-state index contributed by atoms with van der Waals surface area (Å²) >= 11 is 0.